The minimum absolute atomic E-state index is 0.336. The summed E-state index contributed by atoms with van der Waals surface area (Å²) in [7, 11) is 0. The highest BCUT2D eigenvalue weighted by Crippen LogP contribution is 2.06. The zero-order valence-corrected chi connectivity index (χ0v) is 10.5. The molecule has 15 heavy (non-hydrogen) atoms. The molecule has 0 aromatic heterocycles. The van der Waals surface area contributed by atoms with Crippen LogP contribution in [0.2, 0.25) is 0 Å². The van der Waals surface area contributed by atoms with Crippen LogP contribution in [-0.2, 0) is 4.79 Å². The van der Waals surface area contributed by atoms with E-state index in [1.165, 1.54) is 0 Å². The number of hydrogen-bond donors (Lipinski definition) is 1. The predicted molar refractivity (Wildman–Crippen MR) is 66.4 cm³/mol. The number of hydrogen-bond acceptors (Lipinski definition) is 3. The Bertz CT molecular complexity index is 191. The summed E-state index contributed by atoms with van der Waals surface area (Å²) < 4.78 is 0. The van der Waals surface area contributed by atoms with Gasteiger partial charge in [-0.15, -0.1) is 0 Å². The summed E-state index contributed by atoms with van der Waals surface area (Å²) in [6, 6.07) is 0. The molecule has 0 spiro atoms. The average Bonchev–Trinajstić information content (AvgIpc) is 2.27. The molecule has 0 N–H and O–H groups in total. The third-order valence-corrected chi connectivity index (χ3v) is 3.09. The summed E-state index contributed by atoms with van der Waals surface area (Å²) >= 11 is 4.22. The van der Waals surface area contributed by atoms with Crippen LogP contribution in [0.4, 0.5) is 0 Å². The van der Waals surface area contributed by atoms with Gasteiger partial charge in [-0.3, -0.25) is 9.69 Å². The normalized spacial score (nSPS) is 18.1. The lowest BCUT2D eigenvalue weighted by atomic mass is 10.2. The summed E-state index contributed by atoms with van der Waals surface area (Å²) in [5, 5.41) is 0. The first kappa shape index (κ1) is 12.8. The molecule has 1 aliphatic rings. The minimum Gasteiger partial charge on any atom is -0.340 e. The van der Waals surface area contributed by atoms with Crippen molar-refractivity contribution in [1.29, 1.82) is 0 Å². The van der Waals surface area contributed by atoms with Gasteiger partial charge in [0.05, 0.1) is 0 Å². The predicted octanol–water partition coefficient (Wildman–Crippen LogP) is 1.25. The smallest absolute Gasteiger partial charge is 0.222 e. The molecule has 4 heteroatoms. The topological polar surface area (TPSA) is 23.6 Å². The number of amides is 1. The number of rotatable bonds is 5. The van der Waals surface area contributed by atoms with E-state index in [1.54, 1.807) is 0 Å². The molecule has 1 heterocycles. The summed E-state index contributed by atoms with van der Waals surface area (Å²) in [5.41, 5.74) is 0. The first-order valence-electron chi connectivity index (χ1n) is 5.89. The van der Waals surface area contributed by atoms with Crippen molar-refractivity contribution < 1.29 is 4.79 Å². The van der Waals surface area contributed by atoms with Crippen molar-refractivity contribution in [3.8, 4) is 0 Å². The summed E-state index contributed by atoms with van der Waals surface area (Å²) in [6.45, 7) is 6.99. The van der Waals surface area contributed by atoms with Gasteiger partial charge < -0.3 is 4.90 Å². The van der Waals surface area contributed by atoms with E-state index < -0.39 is 0 Å². The molecule has 1 amide bonds. The molecule has 0 aromatic carbocycles. The molecular weight excluding hydrogens is 208 g/mol. The molecule has 0 aromatic rings. The fourth-order valence-corrected chi connectivity index (χ4v) is 2.13. The zero-order chi connectivity index (χ0) is 11.1. The van der Waals surface area contributed by atoms with E-state index >= 15 is 0 Å². The molecule has 88 valence electrons. The lowest BCUT2D eigenvalue weighted by molar-refractivity contribution is -0.133. The molecule has 0 radical (unpaired) electrons. The highest BCUT2D eigenvalue weighted by molar-refractivity contribution is 7.80. The molecule has 0 aliphatic carbocycles. The molecular formula is C11H22N2OS. The van der Waals surface area contributed by atoms with Crippen LogP contribution in [0.25, 0.3) is 0 Å². The van der Waals surface area contributed by atoms with Crippen molar-refractivity contribution in [3.05, 3.63) is 0 Å². The molecule has 1 saturated heterocycles. The quantitative estimate of drug-likeness (QED) is 0.719. The molecule has 0 unspecified atom stereocenters. The summed E-state index contributed by atoms with van der Waals surface area (Å²) in [6.07, 6.45) is 2.85. The lowest BCUT2D eigenvalue weighted by Gasteiger charge is -2.34. The first-order valence-corrected chi connectivity index (χ1v) is 6.52. The molecule has 0 atom stereocenters. The highest BCUT2D eigenvalue weighted by atomic mass is 32.1. The van der Waals surface area contributed by atoms with Gasteiger partial charge in [0, 0.05) is 44.9 Å². The van der Waals surface area contributed by atoms with Crippen molar-refractivity contribution in [2.75, 3.05) is 38.5 Å². The maximum absolute atomic E-state index is 11.7. The van der Waals surface area contributed by atoms with Gasteiger partial charge >= 0.3 is 0 Å². The Morgan fingerprint density at radius 1 is 1.27 bits per heavy atom. The lowest BCUT2D eigenvalue weighted by Crippen LogP contribution is -2.49. The van der Waals surface area contributed by atoms with Gasteiger partial charge in [0.25, 0.3) is 0 Å². The number of nitrogens with zero attached hydrogens (tertiary/aromatic N) is 2. The van der Waals surface area contributed by atoms with Crippen LogP contribution >= 0.6 is 12.6 Å². The summed E-state index contributed by atoms with van der Waals surface area (Å²) in [5.74, 6) is 1.24. The monoisotopic (exact) mass is 230 g/mol. The fraction of sp³-hybridized carbons (Fsp3) is 0.909. The van der Waals surface area contributed by atoms with Crippen molar-refractivity contribution in [1.82, 2.24) is 9.80 Å². The molecule has 1 fully saturated rings. The van der Waals surface area contributed by atoms with Gasteiger partial charge in [0.1, 0.15) is 0 Å². The second-order valence-electron chi connectivity index (χ2n) is 4.05. The van der Waals surface area contributed by atoms with E-state index in [-0.39, 0.29) is 0 Å². The van der Waals surface area contributed by atoms with Gasteiger partial charge in [0.15, 0.2) is 0 Å². The second-order valence-corrected chi connectivity index (χ2v) is 4.50. The largest absolute Gasteiger partial charge is 0.340 e. The molecule has 0 saturated carbocycles. The molecule has 3 nitrogen and oxygen atoms in total. The van der Waals surface area contributed by atoms with E-state index in [9.17, 15) is 4.79 Å². The van der Waals surface area contributed by atoms with Gasteiger partial charge in [-0.05, 0) is 6.42 Å². The van der Waals surface area contributed by atoms with Crippen molar-refractivity contribution in [2.45, 2.75) is 26.2 Å². The van der Waals surface area contributed by atoms with Gasteiger partial charge in [-0.1, -0.05) is 13.3 Å². The highest BCUT2D eigenvalue weighted by Gasteiger charge is 2.19. The van der Waals surface area contributed by atoms with E-state index in [0.717, 1.165) is 57.7 Å². The maximum Gasteiger partial charge on any atom is 0.222 e. The molecule has 0 bridgehead atoms. The van der Waals surface area contributed by atoms with Crippen LogP contribution < -0.4 is 0 Å². The van der Waals surface area contributed by atoms with Gasteiger partial charge in [-0.2, -0.15) is 12.6 Å². The minimum atomic E-state index is 0.336. The van der Waals surface area contributed by atoms with Crippen molar-refractivity contribution in [2.24, 2.45) is 0 Å². The van der Waals surface area contributed by atoms with Gasteiger partial charge in [0.2, 0.25) is 5.91 Å². The number of carbonyl (C=O) groups excluding carboxylic acids is 1. The van der Waals surface area contributed by atoms with Crippen LogP contribution in [-0.4, -0.2) is 54.2 Å². The Morgan fingerprint density at radius 2 is 1.93 bits per heavy atom. The average molecular weight is 230 g/mol. The molecule has 1 rings (SSSR count). The van der Waals surface area contributed by atoms with Crippen LogP contribution in [0.15, 0.2) is 0 Å². The van der Waals surface area contributed by atoms with Gasteiger partial charge in [-0.25, -0.2) is 0 Å². The van der Waals surface area contributed by atoms with Crippen LogP contribution in [0.5, 0.6) is 0 Å². The number of unbranched alkanes of at least 4 members (excludes halogenated alkanes) is 1. The van der Waals surface area contributed by atoms with E-state index in [2.05, 4.69) is 24.5 Å². The number of piperazine rings is 1. The van der Waals surface area contributed by atoms with Crippen molar-refractivity contribution in [3.63, 3.8) is 0 Å². The Labute approximate surface area is 98.2 Å². The Morgan fingerprint density at radius 3 is 2.47 bits per heavy atom. The number of carbonyl (C=O) groups is 1. The van der Waals surface area contributed by atoms with E-state index in [1.807, 2.05) is 4.90 Å². The zero-order valence-electron chi connectivity index (χ0n) is 9.61. The Hall–Kier alpha value is -0.220. The SMILES string of the molecule is CCCCC(=O)N1CCN(CCS)CC1. The van der Waals surface area contributed by atoms with Crippen LogP contribution in [0.1, 0.15) is 26.2 Å². The third kappa shape index (κ3) is 4.43. The first-order chi connectivity index (χ1) is 7.27. The summed E-state index contributed by atoms with van der Waals surface area (Å²) in [4.78, 5) is 16.1. The van der Waals surface area contributed by atoms with Crippen LogP contribution in [0, 0.1) is 0 Å². The Kier molecular flexibility index (Phi) is 6.10. The maximum atomic E-state index is 11.7. The van der Waals surface area contributed by atoms with Crippen LogP contribution in [0.3, 0.4) is 0 Å². The fourth-order valence-electron chi connectivity index (χ4n) is 1.85. The van der Waals surface area contributed by atoms with E-state index in [0.29, 0.717) is 5.91 Å². The number of thiol groups is 1. The standard InChI is InChI=1S/C11H22N2OS/c1-2-3-4-11(14)13-7-5-12(6-8-13)9-10-15/h15H,2-10H2,1H3. The third-order valence-electron chi connectivity index (χ3n) is 2.89. The molecule has 1 aliphatic heterocycles. The Balaban J connectivity index is 2.21. The van der Waals surface area contributed by atoms with Crippen molar-refractivity contribution >= 4 is 18.5 Å². The second kappa shape index (κ2) is 7.12. The van der Waals surface area contributed by atoms with E-state index in [4.69, 9.17) is 0 Å².